The van der Waals surface area contributed by atoms with Crippen LogP contribution in [-0.2, 0) is 4.79 Å². The molecule has 5 heteroatoms. The first-order chi connectivity index (χ1) is 11.5. The molecule has 0 radical (unpaired) electrons. The lowest BCUT2D eigenvalue weighted by Crippen LogP contribution is -2.18. The minimum absolute atomic E-state index is 0.153. The van der Waals surface area contributed by atoms with Gasteiger partial charge in [0.05, 0.1) is 0 Å². The normalized spacial score (nSPS) is 10.0. The Balaban J connectivity index is 0. The molecule has 5 nitrogen and oxygen atoms in total. The summed E-state index contributed by atoms with van der Waals surface area (Å²) in [5.41, 5.74) is 13.6. The van der Waals surface area contributed by atoms with E-state index in [4.69, 9.17) is 10.5 Å². The molecule has 0 unspecified atom stereocenters. The molecule has 0 aliphatic heterocycles. The average Bonchev–Trinajstić information content (AvgIpc) is 2.50. The number of carbonyl (C=O) groups excluding carboxylic acids is 2. The lowest BCUT2D eigenvalue weighted by molar-refractivity contribution is -0.118. The third kappa shape index (κ3) is 32.6. The summed E-state index contributed by atoms with van der Waals surface area (Å²) in [6, 6.07) is -0.833. The molecule has 0 saturated heterocycles. The minimum Gasteiger partial charge on any atom is -0.370 e. The van der Waals surface area contributed by atoms with E-state index in [1.54, 1.807) is 0 Å². The maximum absolute atomic E-state index is 10.6. The summed E-state index contributed by atoms with van der Waals surface area (Å²) >= 11 is 0. The Morgan fingerprint density at radius 3 is 1.04 bits per heavy atom. The largest absolute Gasteiger partial charge is 0.370 e. The zero-order valence-electron chi connectivity index (χ0n) is 15.9. The van der Waals surface area contributed by atoms with Crippen LogP contribution in [0.1, 0.15) is 110 Å². The first-order valence-corrected chi connectivity index (χ1v) is 9.83. The summed E-state index contributed by atoms with van der Waals surface area (Å²) in [5, 5.41) is 0. The van der Waals surface area contributed by atoms with Gasteiger partial charge in [-0.2, -0.15) is 0 Å². The molecule has 0 aliphatic rings. The highest BCUT2D eigenvalue weighted by atomic mass is 16.2. The Hall–Kier alpha value is -1.26. The monoisotopic (exact) mass is 343 g/mol. The van der Waals surface area contributed by atoms with Crippen LogP contribution in [-0.4, -0.2) is 11.9 Å². The number of hydrogen-bond donors (Lipinski definition) is 3. The van der Waals surface area contributed by atoms with Crippen molar-refractivity contribution in [3.63, 3.8) is 0 Å². The molecule has 0 heterocycles. The van der Waals surface area contributed by atoms with E-state index in [0.717, 1.165) is 6.42 Å². The molecule has 0 aromatic heterocycles. The first-order valence-electron chi connectivity index (χ1n) is 9.83. The molecule has 0 aromatic carbocycles. The van der Waals surface area contributed by atoms with E-state index in [-0.39, 0.29) is 5.91 Å². The second-order valence-corrected chi connectivity index (χ2v) is 6.57. The van der Waals surface area contributed by atoms with Crippen molar-refractivity contribution in [2.45, 2.75) is 110 Å². The van der Waals surface area contributed by atoms with Crippen molar-refractivity contribution < 1.29 is 9.59 Å². The standard InChI is InChI=1S/C18H37NO.CH4N2O/c1-2-3-4-5-6-7-8-9-10-11-12-13-14-15-16-17-18(19)20;2-1(3)4/h2-17H2,1H3,(H2,19,20);(H4,2,3,4). The van der Waals surface area contributed by atoms with Crippen LogP contribution >= 0.6 is 0 Å². The summed E-state index contributed by atoms with van der Waals surface area (Å²) in [7, 11) is 0. The molecule has 144 valence electrons. The van der Waals surface area contributed by atoms with Crippen LogP contribution in [0.3, 0.4) is 0 Å². The van der Waals surface area contributed by atoms with Gasteiger partial charge in [0.25, 0.3) is 0 Å². The molecule has 0 fully saturated rings. The summed E-state index contributed by atoms with van der Waals surface area (Å²) in [6.07, 6.45) is 20.9. The molecule has 0 saturated carbocycles. The Morgan fingerprint density at radius 2 is 0.792 bits per heavy atom. The lowest BCUT2D eigenvalue weighted by Gasteiger charge is -2.03. The number of unbranched alkanes of at least 4 members (excludes halogenated alkanes) is 14. The topological polar surface area (TPSA) is 112 Å². The number of primary amides is 3. The molecular formula is C19H41N3O2. The number of rotatable bonds is 16. The van der Waals surface area contributed by atoms with Gasteiger partial charge >= 0.3 is 6.03 Å². The molecule has 0 bridgehead atoms. The van der Waals surface area contributed by atoms with E-state index in [1.807, 2.05) is 0 Å². The fourth-order valence-corrected chi connectivity index (χ4v) is 2.67. The molecule has 0 spiro atoms. The molecule has 6 N–H and O–H groups in total. The predicted octanol–water partition coefficient (Wildman–Crippen LogP) is 4.76. The van der Waals surface area contributed by atoms with E-state index in [2.05, 4.69) is 18.4 Å². The Bertz CT molecular complexity index is 280. The van der Waals surface area contributed by atoms with E-state index >= 15 is 0 Å². The third-order valence-corrected chi connectivity index (χ3v) is 4.03. The Kier molecular flexibility index (Phi) is 22.6. The van der Waals surface area contributed by atoms with Crippen molar-refractivity contribution in [1.29, 1.82) is 0 Å². The minimum atomic E-state index is -0.833. The number of urea groups is 1. The second-order valence-electron chi connectivity index (χ2n) is 6.57. The zero-order chi connectivity index (χ0) is 18.5. The van der Waals surface area contributed by atoms with Gasteiger partial charge in [-0.1, -0.05) is 96.8 Å². The maximum Gasteiger partial charge on any atom is 0.309 e. The van der Waals surface area contributed by atoms with Gasteiger partial charge in [0, 0.05) is 6.42 Å². The second kappa shape index (κ2) is 21.7. The fraction of sp³-hybridized carbons (Fsp3) is 0.895. The Labute approximate surface area is 149 Å². The lowest BCUT2D eigenvalue weighted by atomic mass is 10.0. The molecule has 0 aromatic rings. The van der Waals surface area contributed by atoms with Crippen LogP contribution in [0.5, 0.6) is 0 Å². The average molecular weight is 344 g/mol. The van der Waals surface area contributed by atoms with Crippen molar-refractivity contribution in [1.82, 2.24) is 0 Å². The van der Waals surface area contributed by atoms with Crippen LogP contribution in [0.15, 0.2) is 0 Å². The van der Waals surface area contributed by atoms with Crippen LogP contribution in [0.25, 0.3) is 0 Å². The van der Waals surface area contributed by atoms with Gasteiger partial charge in [-0.3, -0.25) is 4.79 Å². The van der Waals surface area contributed by atoms with Gasteiger partial charge in [0.15, 0.2) is 0 Å². The molecule has 0 aliphatic carbocycles. The highest BCUT2D eigenvalue weighted by Gasteiger charge is 1.96. The van der Waals surface area contributed by atoms with Crippen molar-refractivity contribution >= 4 is 11.9 Å². The highest BCUT2D eigenvalue weighted by Crippen LogP contribution is 2.13. The number of hydrogen-bond acceptors (Lipinski definition) is 2. The highest BCUT2D eigenvalue weighted by molar-refractivity contribution is 5.73. The quantitative estimate of drug-likeness (QED) is 0.351. The molecule has 0 rings (SSSR count). The number of nitrogens with two attached hydrogens (primary N) is 3. The van der Waals surface area contributed by atoms with E-state index < -0.39 is 6.03 Å². The van der Waals surface area contributed by atoms with E-state index in [1.165, 1.54) is 89.9 Å². The summed E-state index contributed by atoms with van der Waals surface area (Å²) < 4.78 is 0. The van der Waals surface area contributed by atoms with Crippen molar-refractivity contribution in [2.24, 2.45) is 17.2 Å². The van der Waals surface area contributed by atoms with Crippen molar-refractivity contribution in [2.75, 3.05) is 0 Å². The smallest absolute Gasteiger partial charge is 0.309 e. The number of amides is 3. The SMILES string of the molecule is CCCCCCCCCCCCCCCCCC(N)=O.NC(N)=O. The van der Waals surface area contributed by atoms with Gasteiger partial charge in [-0.25, -0.2) is 4.79 Å². The van der Waals surface area contributed by atoms with Gasteiger partial charge in [-0.05, 0) is 6.42 Å². The Morgan fingerprint density at radius 1 is 0.542 bits per heavy atom. The molecule has 24 heavy (non-hydrogen) atoms. The van der Waals surface area contributed by atoms with Crippen LogP contribution in [0.4, 0.5) is 4.79 Å². The maximum atomic E-state index is 10.6. The van der Waals surface area contributed by atoms with Crippen molar-refractivity contribution in [3.8, 4) is 0 Å². The molecule has 0 atom stereocenters. The summed E-state index contributed by atoms with van der Waals surface area (Å²) in [6.45, 7) is 2.28. The fourth-order valence-electron chi connectivity index (χ4n) is 2.67. The van der Waals surface area contributed by atoms with Gasteiger partial charge in [-0.15, -0.1) is 0 Å². The van der Waals surface area contributed by atoms with Crippen LogP contribution in [0, 0.1) is 0 Å². The summed E-state index contributed by atoms with van der Waals surface area (Å²) in [4.78, 5) is 19.6. The predicted molar refractivity (Wildman–Crippen MR) is 103 cm³/mol. The van der Waals surface area contributed by atoms with Crippen LogP contribution < -0.4 is 17.2 Å². The summed E-state index contributed by atoms with van der Waals surface area (Å²) in [5.74, 6) is -0.153. The van der Waals surface area contributed by atoms with Crippen LogP contribution in [0.2, 0.25) is 0 Å². The van der Waals surface area contributed by atoms with Gasteiger partial charge in [0.2, 0.25) is 5.91 Å². The first kappa shape index (κ1) is 25.0. The zero-order valence-corrected chi connectivity index (χ0v) is 15.9. The van der Waals surface area contributed by atoms with E-state index in [9.17, 15) is 4.79 Å². The van der Waals surface area contributed by atoms with Crippen molar-refractivity contribution in [3.05, 3.63) is 0 Å². The third-order valence-electron chi connectivity index (χ3n) is 4.03. The van der Waals surface area contributed by atoms with Gasteiger partial charge < -0.3 is 17.2 Å². The van der Waals surface area contributed by atoms with Gasteiger partial charge in [0.1, 0.15) is 0 Å². The van der Waals surface area contributed by atoms with E-state index in [0.29, 0.717) is 6.42 Å². The number of carbonyl (C=O) groups is 2. The molecule has 3 amide bonds. The molecular weight excluding hydrogens is 302 g/mol.